The number of hydrogen-bond donors (Lipinski definition) is 1. The third-order valence-electron chi connectivity index (χ3n) is 4.81. The van der Waals surface area contributed by atoms with E-state index in [0.29, 0.717) is 11.3 Å². The maximum absolute atomic E-state index is 13.3. The van der Waals surface area contributed by atoms with Crippen molar-refractivity contribution in [3.63, 3.8) is 0 Å². The molecule has 0 aliphatic carbocycles. The van der Waals surface area contributed by atoms with Gasteiger partial charge in [-0.05, 0) is 35.4 Å². The summed E-state index contributed by atoms with van der Waals surface area (Å²) in [5, 5.41) is 2.94. The summed E-state index contributed by atoms with van der Waals surface area (Å²) in [5.41, 5.74) is 1.98. The molecule has 4 nitrogen and oxygen atoms in total. The predicted octanol–water partition coefficient (Wildman–Crippen LogP) is 3.92. The Morgan fingerprint density at radius 2 is 1.57 bits per heavy atom. The van der Waals surface area contributed by atoms with Crippen molar-refractivity contribution < 1.29 is 18.7 Å². The number of ether oxygens (including phenoxy) is 1. The highest BCUT2D eigenvalue weighted by atomic mass is 19.1. The van der Waals surface area contributed by atoms with E-state index in [2.05, 4.69) is 5.32 Å². The zero-order chi connectivity index (χ0) is 19.5. The quantitative estimate of drug-likeness (QED) is 0.703. The van der Waals surface area contributed by atoms with Gasteiger partial charge in [0.15, 0.2) is 5.78 Å². The average molecular weight is 375 g/mol. The molecule has 2 unspecified atom stereocenters. The molecular formula is C23H18FNO3. The fraction of sp³-hybridized carbons (Fsp3) is 0.130. The van der Waals surface area contributed by atoms with Crippen molar-refractivity contribution in [3.05, 3.63) is 101 Å². The predicted molar refractivity (Wildman–Crippen MR) is 103 cm³/mol. The molecule has 3 aromatic carbocycles. The zero-order valence-electron chi connectivity index (χ0n) is 15.0. The van der Waals surface area contributed by atoms with Crippen molar-refractivity contribution in [1.82, 2.24) is 5.32 Å². The maximum Gasteiger partial charge on any atom is 0.235 e. The lowest BCUT2D eigenvalue weighted by Gasteiger charge is -2.26. The van der Waals surface area contributed by atoms with Crippen LogP contribution in [0.3, 0.4) is 0 Å². The molecule has 5 heteroatoms. The van der Waals surface area contributed by atoms with Crippen LogP contribution in [-0.2, 0) is 4.79 Å². The van der Waals surface area contributed by atoms with E-state index in [1.807, 2.05) is 30.3 Å². The summed E-state index contributed by atoms with van der Waals surface area (Å²) in [6.07, 6.45) is 0. The third-order valence-corrected chi connectivity index (χ3v) is 4.81. The minimum absolute atomic E-state index is 0.00733. The Balaban J connectivity index is 1.61. The van der Waals surface area contributed by atoms with E-state index >= 15 is 0 Å². The summed E-state index contributed by atoms with van der Waals surface area (Å²) in [4.78, 5) is 25.7. The van der Waals surface area contributed by atoms with Crippen LogP contribution in [0.4, 0.5) is 4.39 Å². The molecule has 0 spiro atoms. The Labute approximate surface area is 162 Å². The number of carbonyl (C=O) groups excluding carboxylic acids is 2. The van der Waals surface area contributed by atoms with Gasteiger partial charge in [-0.2, -0.15) is 0 Å². The number of halogens is 1. The fourth-order valence-electron chi connectivity index (χ4n) is 3.33. The summed E-state index contributed by atoms with van der Waals surface area (Å²) in [6, 6.07) is 21.7. The van der Waals surface area contributed by atoms with Gasteiger partial charge >= 0.3 is 0 Å². The van der Waals surface area contributed by atoms with Gasteiger partial charge < -0.3 is 10.1 Å². The zero-order valence-corrected chi connectivity index (χ0v) is 15.0. The highest BCUT2D eigenvalue weighted by molar-refractivity contribution is 6.12. The lowest BCUT2D eigenvalue weighted by atomic mass is 9.92. The van der Waals surface area contributed by atoms with Crippen LogP contribution in [0.5, 0.6) is 5.75 Å². The number of benzene rings is 3. The maximum atomic E-state index is 13.3. The van der Waals surface area contributed by atoms with Crippen LogP contribution in [0.1, 0.15) is 27.5 Å². The third kappa shape index (κ3) is 3.51. The van der Waals surface area contributed by atoms with Crippen LogP contribution in [0.25, 0.3) is 0 Å². The minimum Gasteiger partial charge on any atom is -0.492 e. The monoisotopic (exact) mass is 375 g/mol. The molecule has 1 N–H and O–H groups in total. The van der Waals surface area contributed by atoms with E-state index < -0.39 is 17.9 Å². The van der Waals surface area contributed by atoms with E-state index in [4.69, 9.17) is 4.74 Å². The van der Waals surface area contributed by atoms with Gasteiger partial charge in [0.25, 0.3) is 0 Å². The molecule has 0 radical (unpaired) electrons. The molecule has 28 heavy (non-hydrogen) atoms. The molecule has 1 aliphatic rings. The smallest absolute Gasteiger partial charge is 0.235 e. The van der Waals surface area contributed by atoms with Gasteiger partial charge in [0.1, 0.15) is 24.1 Å². The standard InChI is InChI=1S/C23H18FNO3/c24-17-12-10-16(11-13-17)21(15-6-2-1-3-7-15)25-23(27)19-14-28-20-9-5-4-8-18(20)22(19)26/h1-13,19,21H,14H2,(H,25,27). The van der Waals surface area contributed by atoms with Crippen LogP contribution >= 0.6 is 0 Å². The van der Waals surface area contributed by atoms with Gasteiger partial charge in [-0.1, -0.05) is 54.6 Å². The number of rotatable bonds is 4. The SMILES string of the molecule is O=C(NC(c1ccccc1)c1ccc(F)cc1)C1COc2ccccc2C1=O. The number of amides is 1. The van der Waals surface area contributed by atoms with E-state index in [9.17, 15) is 14.0 Å². The van der Waals surface area contributed by atoms with Gasteiger partial charge in [0.05, 0.1) is 11.6 Å². The Morgan fingerprint density at radius 1 is 0.929 bits per heavy atom. The summed E-state index contributed by atoms with van der Waals surface area (Å²) in [5.74, 6) is -1.46. The summed E-state index contributed by atoms with van der Waals surface area (Å²) in [6.45, 7) is -0.00733. The number of Topliss-reactive ketones (excluding diaryl/α,β-unsaturated/α-hetero) is 1. The second kappa shape index (κ2) is 7.64. The number of carbonyl (C=O) groups is 2. The van der Waals surface area contributed by atoms with Crippen molar-refractivity contribution in [3.8, 4) is 5.75 Å². The summed E-state index contributed by atoms with van der Waals surface area (Å²) < 4.78 is 19.0. The normalized spacial score (nSPS) is 16.6. The molecule has 3 aromatic rings. The first-order valence-electron chi connectivity index (χ1n) is 9.00. The number of para-hydroxylation sites is 1. The molecule has 140 valence electrons. The largest absolute Gasteiger partial charge is 0.492 e. The topological polar surface area (TPSA) is 55.4 Å². The molecule has 0 saturated carbocycles. The molecule has 1 heterocycles. The van der Waals surface area contributed by atoms with Crippen LogP contribution in [0.2, 0.25) is 0 Å². The van der Waals surface area contributed by atoms with Gasteiger partial charge in [0.2, 0.25) is 5.91 Å². The van der Waals surface area contributed by atoms with Crippen LogP contribution in [0.15, 0.2) is 78.9 Å². The number of hydrogen-bond acceptors (Lipinski definition) is 3. The first kappa shape index (κ1) is 17.9. The molecule has 2 atom stereocenters. The van der Waals surface area contributed by atoms with Gasteiger partial charge in [-0.25, -0.2) is 4.39 Å². The van der Waals surface area contributed by atoms with E-state index in [-0.39, 0.29) is 18.2 Å². The molecular weight excluding hydrogens is 357 g/mol. The second-order valence-corrected chi connectivity index (χ2v) is 6.63. The number of nitrogens with one attached hydrogen (secondary N) is 1. The lowest BCUT2D eigenvalue weighted by molar-refractivity contribution is -0.125. The van der Waals surface area contributed by atoms with Crippen LogP contribution in [-0.4, -0.2) is 18.3 Å². The van der Waals surface area contributed by atoms with E-state index in [1.165, 1.54) is 12.1 Å². The molecule has 0 bridgehead atoms. The van der Waals surface area contributed by atoms with Crippen molar-refractivity contribution in [1.29, 1.82) is 0 Å². The fourth-order valence-corrected chi connectivity index (χ4v) is 3.33. The van der Waals surface area contributed by atoms with Crippen molar-refractivity contribution in [2.24, 2.45) is 5.92 Å². The molecule has 0 fully saturated rings. The average Bonchev–Trinajstić information content (AvgIpc) is 2.74. The van der Waals surface area contributed by atoms with Crippen LogP contribution < -0.4 is 10.1 Å². The van der Waals surface area contributed by atoms with Gasteiger partial charge in [-0.3, -0.25) is 9.59 Å². The van der Waals surface area contributed by atoms with E-state index in [1.54, 1.807) is 36.4 Å². The Morgan fingerprint density at radius 3 is 2.32 bits per heavy atom. The summed E-state index contributed by atoms with van der Waals surface area (Å²) in [7, 11) is 0. The van der Waals surface area contributed by atoms with E-state index in [0.717, 1.165) is 11.1 Å². The van der Waals surface area contributed by atoms with Crippen molar-refractivity contribution >= 4 is 11.7 Å². The highest BCUT2D eigenvalue weighted by Crippen LogP contribution is 2.28. The highest BCUT2D eigenvalue weighted by Gasteiger charge is 2.35. The number of ketones is 1. The first-order chi connectivity index (χ1) is 13.6. The minimum atomic E-state index is -0.929. The molecule has 4 rings (SSSR count). The lowest BCUT2D eigenvalue weighted by Crippen LogP contribution is -2.42. The number of fused-ring (bicyclic) bond motifs is 1. The van der Waals surface area contributed by atoms with Crippen molar-refractivity contribution in [2.45, 2.75) is 6.04 Å². The molecule has 0 aromatic heterocycles. The van der Waals surface area contributed by atoms with Gasteiger partial charge in [-0.15, -0.1) is 0 Å². The van der Waals surface area contributed by atoms with Crippen molar-refractivity contribution in [2.75, 3.05) is 6.61 Å². The Bertz CT molecular complexity index is 1000. The molecule has 1 aliphatic heterocycles. The van der Waals surface area contributed by atoms with Gasteiger partial charge in [0, 0.05) is 0 Å². The second-order valence-electron chi connectivity index (χ2n) is 6.63. The first-order valence-corrected chi connectivity index (χ1v) is 9.00. The summed E-state index contributed by atoms with van der Waals surface area (Å²) >= 11 is 0. The Kier molecular flexibility index (Phi) is 4.89. The Hall–Kier alpha value is -3.47. The molecule has 0 saturated heterocycles. The van der Waals surface area contributed by atoms with Crippen LogP contribution in [0, 0.1) is 11.7 Å². The molecule has 1 amide bonds.